The second-order valence-corrected chi connectivity index (χ2v) is 5.56. The van der Waals surface area contributed by atoms with Crippen molar-refractivity contribution in [2.24, 2.45) is 0 Å². The number of rotatable bonds is 4. The summed E-state index contributed by atoms with van der Waals surface area (Å²) in [7, 11) is 3.24. The molecule has 0 radical (unpaired) electrons. The molecule has 0 saturated carbocycles. The van der Waals surface area contributed by atoms with Crippen LogP contribution in [0.4, 0.5) is 0 Å². The highest BCUT2D eigenvalue weighted by atomic mass is 16.5. The van der Waals surface area contributed by atoms with E-state index >= 15 is 0 Å². The molecule has 1 N–H and O–H groups in total. The monoisotopic (exact) mass is 312 g/mol. The number of pyridine rings is 1. The van der Waals surface area contributed by atoms with Gasteiger partial charge in [-0.2, -0.15) is 0 Å². The summed E-state index contributed by atoms with van der Waals surface area (Å²) >= 11 is 0. The fraction of sp³-hybridized carbons (Fsp3) is 0.333. The molecule has 1 aromatic heterocycles. The van der Waals surface area contributed by atoms with Gasteiger partial charge in [0.25, 0.3) is 5.91 Å². The summed E-state index contributed by atoms with van der Waals surface area (Å²) in [4.78, 5) is 16.6. The number of nitrogens with zero attached hydrogens (tertiary/aromatic N) is 1. The van der Waals surface area contributed by atoms with E-state index in [1.54, 1.807) is 32.5 Å². The summed E-state index contributed by atoms with van der Waals surface area (Å²) in [6, 6.07) is 9.40. The Morgan fingerprint density at radius 2 is 1.96 bits per heavy atom. The zero-order chi connectivity index (χ0) is 16.2. The van der Waals surface area contributed by atoms with E-state index in [2.05, 4.69) is 16.4 Å². The van der Waals surface area contributed by atoms with Gasteiger partial charge in [0.15, 0.2) is 0 Å². The quantitative estimate of drug-likeness (QED) is 0.943. The van der Waals surface area contributed by atoms with Crippen LogP contribution >= 0.6 is 0 Å². The lowest BCUT2D eigenvalue weighted by molar-refractivity contribution is 0.0927. The molecule has 1 aromatic carbocycles. The molecule has 1 amide bonds. The molecule has 1 aliphatic carbocycles. The van der Waals surface area contributed by atoms with Crippen LogP contribution in [-0.4, -0.2) is 25.1 Å². The molecular weight excluding hydrogens is 292 g/mol. The van der Waals surface area contributed by atoms with Gasteiger partial charge in [0.05, 0.1) is 20.3 Å². The molecule has 1 atom stereocenters. The van der Waals surface area contributed by atoms with E-state index in [-0.39, 0.29) is 11.9 Å². The summed E-state index contributed by atoms with van der Waals surface area (Å²) in [5.41, 5.74) is 2.76. The van der Waals surface area contributed by atoms with Crippen LogP contribution < -0.4 is 14.8 Å². The van der Waals surface area contributed by atoms with Crippen molar-refractivity contribution >= 4 is 5.91 Å². The first kappa shape index (κ1) is 15.3. The minimum absolute atomic E-state index is 0.00478. The number of carbonyl (C=O) groups is 1. The maximum atomic E-state index is 12.5. The Kier molecular flexibility index (Phi) is 4.46. The lowest BCUT2D eigenvalue weighted by atomic mass is 9.87. The van der Waals surface area contributed by atoms with Crippen LogP contribution in [0.5, 0.6) is 11.5 Å². The van der Waals surface area contributed by atoms with Crippen molar-refractivity contribution in [1.29, 1.82) is 0 Å². The lowest BCUT2D eigenvalue weighted by Gasteiger charge is -2.26. The topological polar surface area (TPSA) is 60.5 Å². The Morgan fingerprint density at radius 1 is 1.17 bits per heavy atom. The normalized spacial score (nSPS) is 16.3. The van der Waals surface area contributed by atoms with Crippen molar-refractivity contribution in [1.82, 2.24) is 10.3 Å². The van der Waals surface area contributed by atoms with Crippen molar-refractivity contribution < 1.29 is 14.3 Å². The van der Waals surface area contributed by atoms with Gasteiger partial charge in [-0.1, -0.05) is 6.07 Å². The van der Waals surface area contributed by atoms with E-state index in [1.165, 1.54) is 5.56 Å². The second-order valence-electron chi connectivity index (χ2n) is 5.56. The summed E-state index contributed by atoms with van der Waals surface area (Å²) < 4.78 is 10.4. The SMILES string of the molecule is COc1ccnc(C(=O)N[C@H]2CCCc3cc(OC)ccc32)c1. The van der Waals surface area contributed by atoms with Gasteiger partial charge >= 0.3 is 0 Å². The van der Waals surface area contributed by atoms with E-state index in [4.69, 9.17) is 9.47 Å². The highest BCUT2D eigenvalue weighted by Crippen LogP contribution is 2.32. The van der Waals surface area contributed by atoms with E-state index in [9.17, 15) is 4.79 Å². The summed E-state index contributed by atoms with van der Waals surface area (Å²) in [5.74, 6) is 1.29. The van der Waals surface area contributed by atoms with E-state index in [1.807, 2.05) is 12.1 Å². The standard InChI is InChI=1S/C18H20N2O3/c1-22-13-6-7-15-12(10-13)4-3-5-16(15)20-18(21)17-11-14(23-2)8-9-19-17/h6-11,16H,3-5H2,1-2H3,(H,20,21)/t16-/m0/s1. The van der Waals surface area contributed by atoms with Crippen LogP contribution in [0.15, 0.2) is 36.5 Å². The number of methoxy groups -OCH3 is 2. The molecule has 0 bridgehead atoms. The predicted molar refractivity (Wildman–Crippen MR) is 86.9 cm³/mol. The van der Waals surface area contributed by atoms with Crippen LogP contribution in [0.25, 0.3) is 0 Å². The summed E-state index contributed by atoms with van der Waals surface area (Å²) in [5, 5.41) is 3.08. The van der Waals surface area contributed by atoms with Crippen molar-refractivity contribution in [3.63, 3.8) is 0 Å². The number of nitrogens with one attached hydrogen (secondary N) is 1. The first-order chi connectivity index (χ1) is 11.2. The fourth-order valence-corrected chi connectivity index (χ4v) is 2.96. The Morgan fingerprint density at radius 3 is 2.74 bits per heavy atom. The second kappa shape index (κ2) is 6.69. The van der Waals surface area contributed by atoms with Gasteiger partial charge in [0, 0.05) is 12.3 Å². The summed E-state index contributed by atoms with van der Waals surface area (Å²) in [6.07, 6.45) is 4.55. The zero-order valence-corrected chi connectivity index (χ0v) is 13.3. The zero-order valence-electron chi connectivity index (χ0n) is 13.3. The number of benzene rings is 1. The third kappa shape index (κ3) is 3.28. The predicted octanol–water partition coefficient (Wildman–Crippen LogP) is 2.91. The van der Waals surface area contributed by atoms with E-state index < -0.39 is 0 Å². The Balaban J connectivity index is 1.80. The number of hydrogen-bond donors (Lipinski definition) is 1. The maximum Gasteiger partial charge on any atom is 0.270 e. The Labute approximate surface area is 135 Å². The van der Waals surface area contributed by atoms with Gasteiger partial charge < -0.3 is 14.8 Å². The number of ether oxygens (including phenoxy) is 2. The lowest BCUT2D eigenvalue weighted by Crippen LogP contribution is -2.31. The van der Waals surface area contributed by atoms with Crippen LogP contribution in [0, 0.1) is 0 Å². The molecule has 3 rings (SSSR count). The molecule has 120 valence electrons. The van der Waals surface area contributed by atoms with Crippen LogP contribution in [-0.2, 0) is 6.42 Å². The Hall–Kier alpha value is -2.56. The van der Waals surface area contributed by atoms with Gasteiger partial charge in [-0.15, -0.1) is 0 Å². The molecule has 2 aromatic rings. The molecule has 0 saturated heterocycles. The van der Waals surface area contributed by atoms with Gasteiger partial charge in [-0.25, -0.2) is 0 Å². The largest absolute Gasteiger partial charge is 0.497 e. The fourth-order valence-electron chi connectivity index (χ4n) is 2.96. The third-order valence-corrected chi connectivity index (χ3v) is 4.17. The minimum Gasteiger partial charge on any atom is -0.497 e. The first-order valence-electron chi connectivity index (χ1n) is 7.69. The average molecular weight is 312 g/mol. The molecule has 0 unspecified atom stereocenters. The van der Waals surface area contributed by atoms with Crippen LogP contribution in [0.3, 0.4) is 0 Å². The maximum absolute atomic E-state index is 12.5. The Bertz CT molecular complexity index is 715. The molecular formula is C18H20N2O3. The first-order valence-corrected chi connectivity index (χ1v) is 7.69. The number of hydrogen-bond acceptors (Lipinski definition) is 4. The highest BCUT2D eigenvalue weighted by molar-refractivity contribution is 5.92. The van der Waals surface area contributed by atoms with Gasteiger partial charge in [-0.05, 0) is 48.6 Å². The van der Waals surface area contributed by atoms with Crippen LogP contribution in [0.2, 0.25) is 0 Å². The van der Waals surface area contributed by atoms with Crippen molar-refractivity contribution in [3.05, 3.63) is 53.3 Å². The molecule has 0 spiro atoms. The molecule has 5 nitrogen and oxygen atoms in total. The molecule has 1 heterocycles. The molecule has 0 aliphatic heterocycles. The molecule has 23 heavy (non-hydrogen) atoms. The number of carbonyl (C=O) groups excluding carboxylic acids is 1. The molecule has 0 fully saturated rings. The number of aromatic nitrogens is 1. The average Bonchev–Trinajstić information content (AvgIpc) is 2.61. The number of aryl methyl sites for hydroxylation is 1. The van der Waals surface area contributed by atoms with E-state index in [0.717, 1.165) is 30.6 Å². The van der Waals surface area contributed by atoms with Gasteiger partial charge in [0.1, 0.15) is 17.2 Å². The van der Waals surface area contributed by atoms with Crippen molar-refractivity contribution in [2.75, 3.05) is 14.2 Å². The number of fused-ring (bicyclic) bond motifs is 1. The van der Waals surface area contributed by atoms with Crippen molar-refractivity contribution in [2.45, 2.75) is 25.3 Å². The highest BCUT2D eigenvalue weighted by Gasteiger charge is 2.23. The van der Waals surface area contributed by atoms with Gasteiger partial charge in [0.2, 0.25) is 0 Å². The molecule has 5 heteroatoms. The molecule has 1 aliphatic rings. The van der Waals surface area contributed by atoms with Gasteiger partial charge in [-0.3, -0.25) is 9.78 Å². The third-order valence-electron chi connectivity index (χ3n) is 4.17. The summed E-state index contributed by atoms with van der Waals surface area (Å²) in [6.45, 7) is 0. The van der Waals surface area contributed by atoms with E-state index in [0.29, 0.717) is 11.4 Å². The van der Waals surface area contributed by atoms with Crippen LogP contribution in [0.1, 0.15) is 40.5 Å². The smallest absolute Gasteiger partial charge is 0.270 e. The number of amides is 1. The van der Waals surface area contributed by atoms with Crippen molar-refractivity contribution in [3.8, 4) is 11.5 Å². The minimum atomic E-state index is -0.183.